The first-order valence-corrected chi connectivity index (χ1v) is 5.59. The molecule has 1 aliphatic rings. The van der Waals surface area contributed by atoms with Crippen LogP contribution in [0.3, 0.4) is 0 Å². The molecule has 0 aromatic carbocycles. The first kappa shape index (κ1) is 10.9. The highest BCUT2D eigenvalue weighted by molar-refractivity contribution is 5.93. The Morgan fingerprint density at radius 1 is 1.50 bits per heavy atom. The van der Waals surface area contributed by atoms with Crippen LogP contribution in [0.4, 0.5) is 0 Å². The van der Waals surface area contributed by atoms with Crippen molar-refractivity contribution in [1.82, 2.24) is 9.88 Å². The number of carbonyl (C=O) groups is 2. The van der Waals surface area contributed by atoms with Crippen LogP contribution in [0.15, 0.2) is 18.3 Å². The molecule has 2 rings (SSSR count). The van der Waals surface area contributed by atoms with Gasteiger partial charge in [0.05, 0.1) is 5.69 Å². The minimum atomic E-state index is -0.0226. The van der Waals surface area contributed by atoms with E-state index in [2.05, 4.69) is 5.32 Å². The number of nitrogens with one attached hydrogen (secondary N) is 1. The Labute approximate surface area is 94.6 Å². The third-order valence-electron chi connectivity index (χ3n) is 2.79. The highest BCUT2D eigenvalue weighted by Crippen LogP contribution is 2.27. The molecule has 0 saturated heterocycles. The summed E-state index contributed by atoms with van der Waals surface area (Å²) in [5.74, 6) is 0.645. The van der Waals surface area contributed by atoms with Crippen molar-refractivity contribution in [3.63, 3.8) is 0 Å². The standard InChI is InChI=1S/C12H16N2O2/c1-9(15)11-3-2-6-14(11)8-12(16)13-7-10-4-5-10/h2-3,6,10H,4-5,7-8H2,1H3,(H,13,16). The Kier molecular flexibility index (Phi) is 3.08. The molecule has 0 unspecified atom stereocenters. The fraction of sp³-hybridized carbons (Fsp3) is 0.500. The minimum Gasteiger partial charge on any atom is -0.354 e. The highest BCUT2D eigenvalue weighted by Gasteiger charge is 2.21. The molecule has 1 amide bonds. The number of rotatable bonds is 5. The van der Waals surface area contributed by atoms with Crippen LogP contribution in [0.5, 0.6) is 0 Å². The highest BCUT2D eigenvalue weighted by atomic mass is 16.2. The number of hydrogen-bond acceptors (Lipinski definition) is 2. The first-order valence-electron chi connectivity index (χ1n) is 5.59. The van der Waals surface area contributed by atoms with E-state index in [-0.39, 0.29) is 18.2 Å². The number of carbonyl (C=O) groups excluding carboxylic acids is 2. The molecule has 86 valence electrons. The van der Waals surface area contributed by atoms with E-state index in [0.717, 1.165) is 6.54 Å². The smallest absolute Gasteiger partial charge is 0.239 e. The zero-order chi connectivity index (χ0) is 11.5. The van der Waals surface area contributed by atoms with E-state index in [1.54, 1.807) is 22.9 Å². The molecular formula is C12H16N2O2. The molecule has 0 spiro atoms. The van der Waals surface area contributed by atoms with E-state index >= 15 is 0 Å². The number of aromatic nitrogens is 1. The number of amides is 1. The van der Waals surface area contributed by atoms with Crippen LogP contribution in [-0.2, 0) is 11.3 Å². The van der Waals surface area contributed by atoms with Crippen molar-refractivity contribution in [1.29, 1.82) is 0 Å². The van der Waals surface area contributed by atoms with E-state index in [0.29, 0.717) is 11.6 Å². The Balaban J connectivity index is 1.89. The summed E-state index contributed by atoms with van der Waals surface area (Å²) in [6.07, 6.45) is 4.21. The Morgan fingerprint density at radius 3 is 2.88 bits per heavy atom. The van der Waals surface area contributed by atoms with Gasteiger partial charge in [0.15, 0.2) is 5.78 Å². The fourth-order valence-corrected chi connectivity index (χ4v) is 1.66. The Morgan fingerprint density at radius 2 is 2.25 bits per heavy atom. The average molecular weight is 220 g/mol. The molecule has 1 aliphatic carbocycles. The van der Waals surface area contributed by atoms with Crippen molar-refractivity contribution in [2.75, 3.05) is 6.54 Å². The second-order valence-electron chi connectivity index (χ2n) is 4.32. The van der Waals surface area contributed by atoms with Gasteiger partial charge in [-0.2, -0.15) is 0 Å². The SMILES string of the molecule is CC(=O)c1cccn1CC(=O)NCC1CC1. The van der Waals surface area contributed by atoms with Crippen LogP contribution in [0.1, 0.15) is 30.3 Å². The summed E-state index contributed by atoms with van der Waals surface area (Å²) >= 11 is 0. The predicted molar refractivity (Wildman–Crippen MR) is 60.2 cm³/mol. The molecular weight excluding hydrogens is 204 g/mol. The van der Waals surface area contributed by atoms with Crippen molar-refractivity contribution in [2.45, 2.75) is 26.3 Å². The first-order chi connectivity index (χ1) is 7.66. The van der Waals surface area contributed by atoms with Crippen molar-refractivity contribution >= 4 is 11.7 Å². The van der Waals surface area contributed by atoms with Gasteiger partial charge in [0.2, 0.25) is 5.91 Å². The van der Waals surface area contributed by atoms with Gasteiger partial charge in [-0.1, -0.05) is 0 Å². The number of ketones is 1. The summed E-state index contributed by atoms with van der Waals surface area (Å²) in [6.45, 7) is 2.51. The van der Waals surface area contributed by atoms with Crippen molar-refractivity contribution in [3.05, 3.63) is 24.0 Å². The van der Waals surface area contributed by atoms with Crippen LogP contribution in [0.25, 0.3) is 0 Å². The predicted octanol–water partition coefficient (Wildman–Crippen LogP) is 1.22. The molecule has 4 heteroatoms. The van der Waals surface area contributed by atoms with Crippen molar-refractivity contribution in [3.8, 4) is 0 Å². The lowest BCUT2D eigenvalue weighted by Gasteiger charge is -2.07. The van der Waals surface area contributed by atoms with Gasteiger partial charge in [-0.05, 0) is 30.9 Å². The molecule has 0 bridgehead atoms. The van der Waals surface area contributed by atoms with Crippen molar-refractivity contribution < 1.29 is 9.59 Å². The summed E-state index contributed by atoms with van der Waals surface area (Å²) < 4.78 is 1.69. The lowest BCUT2D eigenvalue weighted by molar-refractivity contribution is -0.121. The van der Waals surface area contributed by atoms with Crippen molar-refractivity contribution in [2.24, 2.45) is 5.92 Å². The molecule has 1 heterocycles. The zero-order valence-corrected chi connectivity index (χ0v) is 9.40. The molecule has 1 aromatic heterocycles. The molecule has 1 aromatic rings. The topological polar surface area (TPSA) is 51.1 Å². The van der Waals surface area contributed by atoms with Gasteiger partial charge >= 0.3 is 0 Å². The normalized spacial score (nSPS) is 14.8. The van der Waals surface area contributed by atoms with Crippen LogP contribution >= 0.6 is 0 Å². The van der Waals surface area contributed by atoms with Crippen LogP contribution in [0.2, 0.25) is 0 Å². The number of Topliss-reactive ketones (excluding diaryl/α,β-unsaturated/α-hetero) is 1. The van der Waals surface area contributed by atoms with Gasteiger partial charge in [0.1, 0.15) is 6.54 Å². The Hall–Kier alpha value is -1.58. The van der Waals surface area contributed by atoms with Crippen LogP contribution in [0, 0.1) is 5.92 Å². The van der Waals surface area contributed by atoms with Crippen LogP contribution < -0.4 is 5.32 Å². The largest absolute Gasteiger partial charge is 0.354 e. The maximum absolute atomic E-state index is 11.6. The summed E-state index contributed by atoms with van der Waals surface area (Å²) in [6, 6.07) is 3.52. The molecule has 1 saturated carbocycles. The lowest BCUT2D eigenvalue weighted by atomic mass is 10.3. The average Bonchev–Trinajstić information content (AvgIpc) is 2.95. The van der Waals surface area contributed by atoms with E-state index in [4.69, 9.17) is 0 Å². The molecule has 1 N–H and O–H groups in total. The van der Waals surface area contributed by atoms with Gasteiger partial charge in [0, 0.05) is 19.7 Å². The van der Waals surface area contributed by atoms with Gasteiger partial charge in [0.25, 0.3) is 0 Å². The maximum atomic E-state index is 11.6. The van der Waals surface area contributed by atoms with E-state index in [9.17, 15) is 9.59 Å². The second kappa shape index (κ2) is 4.51. The summed E-state index contributed by atoms with van der Waals surface area (Å²) in [4.78, 5) is 22.8. The van der Waals surface area contributed by atoms with Gasteiger partial charge in [-0.15, -0.1) is 0 Å². The van der Waals surface area contributed by atoms with Gasteiger partial charge < -0.3 is 9.88 Å². The molecule has 0 radical (unpaired) electrons. The summed E-state index contributed by atoms with van der Waals surface area (Å²) in [5, 5.41) is 2.88. The molecule has 1 fully saturated rings. The quantitative estimate of drug-likeness (QED) is 0.758. The fourth-order valence-electron chi connectivity index (χ4n) is 1.66. The van der Waals surface area contributed by atoms with Gasteiger partial charge in [-0.25, -0.2) is 0 Å². The molecule has 16 heavy (non-hydrogen) atoms. The summed E-state index contributed by atoms with van der Waals surface area (Å²) in [7, 11) is 0. The van der Waals surface area contributed by atoms with Crippen LogP contribution in [-0.4, -0.2) is 22.8 Å². The third-order valence-corrected chi connectivity index (χ3v) is 2.79. The maximum Gasteiger partial charge on any atom is 0.239 e. The third kappa shape index (κ3) is 2.72. The lowest BCUT2D eigenvalue weighted by Crippen LogP contribution is -2.29. The van der Waals surface area contributed by atoms with E-state index in [1.165, 1.54) is 19.8 Å². The second-order valence-corrected chi connectivity index (χ2v) is 4.32. The number of nitrogens with zero attached hydrogens (tertiary/aromatic N) is 1. The molecule has 0 aliphatic heterocycles. The van der Waals surface area contributed by atoms with E-state index in [1.807, 2.05) is 0 Å². The number of hydrogen-bond donors (Lipinski definition) is 1. The molecule has 0 atom stereocenters. The minimum absolute atomic E-state index is 0.0139. The monoisotopic (exact) mass is 220 g/mol. The van der Waals surface area contributed by atoms with Gasteiger partial charge in [-0.3, -0.25) is 9.59 Å². The summed E-state index contributed by atoms with van der Waals surface area (Å²) in [5.41, 5.74) is 0.585. The Bertz CT molecular complexity index is 405. The van der Waals surface area contributed by atoms with E-state index < -0.39 is 0 Å². The molecule has 4 nitrogen and oxygen atoms in total. The zero-order valence-electron chi connectivity index (χ0n) is 9.40.